The van der Waals surface area contributed by atoms with Gasteiger partial charge in [-0.05, 0) is 69.1 Å². The van der Waals surface area contributed by atoms with Crippen molar-refractivity contribution in [3.8, 4) is 0 Å². The maximum absolute atomic E-state index is 12.8. The number of carbonyl (C=O) groups is 2. The monoisotopic (exact) mass is 430 g/mol. The molecule has 2 aliphatic heterocycles. The molecule has 2 N–H and O–H groups in total. The van der Waals surface area contributed by atoms with Crippen molar-refractivity contribution in [2.75, 3.05) is 57.9 Å². The molecule has 3 rings (SSSR count). The van der Waals surface area contributed by atoms with Crippen molar-refractivity contribution in [3.05, 3.63) is 29.3 Å². The summed E-state index contributed by atoms with van der Waals surface area (Å²) in [5, 5.41) is 6.54. The van der Waals surface area contributed by atoms with E-state index in [4.69, 9.17) is 4.74 Å². The molecule has 7 nitrogen and oxygen atoms in total. The summed E-state index contributed by atoms with van der Waals surface area (Å²) in [5.74, 6) is -0.0912. The lowest BCUT2D eigenvalue weighted by Crippen LogP contribution is -2.36. The summed E-state index contributed by atoms with van der Waals surface area (Å²) in [6.07, 6.45) is 8.14. The number of nitrogens with one attached hydrogen (secondary N) is 2. The lowest BCUT2D eigenvalue weighted by Gasteiger charge is -2.26. The summed E-state index contributed by atoms with van der Waals surface area (Å²) in [5.41, 5.74) is 2.51. The Labute approximate surface area is 186 Å². The fraction of sp³-hybridized carbons (Fsp3) is 0.667. The molecule has 1 aromatic rings. The van der Waals surface area contributed by atoms with Gasteiger partial charge in [0.25, 0.3) is 11.8 Å². The Morgan fingerprint density at radius 1 is 1.03 bits per heavy atom. The Hall–Kier alpha value is -1.96. The molecule has 0 spiro atoms. The first-order valence-corrected chi connectivity index (χ1v) is 11.8. The van der Waals surface area contributed by atoms with Crippen LogP contribution in [0.2, 0.25) is 0 Å². The highest BCUT2D eigenvalue weighted by Crippen LogP contribution is 2.24. The maximum atomic E-state index is 12.8. The zero-order valence-electron chi connectivity index (χ0n) is 19.0. The Balaban J connectivity index is 1.73. The van der Waals surface area contributed by atoms with Crippen LogP contribution in [0.1, 0.15) is 60.9 Å². The molecule has 0 atom stereocenters. The van der Waals surface area contributed by atoms with Crippen molar-refractivity contribution >= 4 is 17.5 Å². The molecule has 7 heteroatoms. The van der Waals surface area contributed by atoms with E-state index in [0.717, 1.165) is 56.7 Å². The second kappa shape index (κ2) is 12.8. The fourth-order valence-electron chi connectivity index (χ4n) is 4.42. The predicted octanol–water partition coefficient (Wildman–Crippen LogP) is 2.55. The molecule has 2 aliphatic rings. The van der Waals surface area contributed by atoms with E-state index in [0.29, 0.717) is 25.2 Å². The quantitative estimate of drug-likeness (QED) is 0.726. The van der Waals surface area contributed by atoms with Crippen LogP contribution in [0, 0.1) is 0 Å². The van der Waals surface area contributed by atoms with Crippen LogP contribution in [0.4, 0.5) is 5.69 Å². The number of methoxy groups -OCH3 is 1. The van der Waals surface area contributed by atoms with Crippen molar-refractivity contribution < 1.29 is 14.3 Å². The van der Waals surface area contributed by atoms with Crippen molar-refractivity contribution in [1.82, 2.24) is 15.5 Å². The number of likely N-dealkylation sites (tertiary alicyclic amines) is 1. The first kappa shape index (κ1) is 23.7. The normalized spacial score (nSPS) is 18.7. The van der Waals surface area contributed by atoms with Crippen LogP contribution in [0.15, 0.2) is 18.2 Å². The van der Waals surface area contributed by atoms with Gasteiger partial charge in [0.15, 0.2) is 0 Å². The van der Waals surface area contributed by atoms with E-state index in [1.807, 2.05) is 23.1 Å². The highest BCUT2D eigenvalue weighted by molar-refractivity contribution is 5.98. The lowest BCUT2D eigenvalue weighted by atomic mass is 10.0. The highest BCUT2D eigenvalue weighted by atomic mass is 16.5. The highest BCUT2D eigenvalue weighted by Gasteiger charge is 2.20. The second-order valence-corrected chi connectivity index (χ2v) is 8.57. The SMILES string of the molecule is COCC(=O)N1CCCCCCCNCc2cc(C(=O)NCCN3CCCC3)ccc21. The standard InChI is InChI=1S/C24H38N4O3/c1-31-19-23(29)28-15-6-4-2-3-5-11-25-18-21-17-20(9-10-22(21)28)24(30)26-12-16-27-13-7-8-14-27/h9-10,17,25H,2-8,11-16,18-19H2,1H3,(H,26,30). The average Bonchev–Trinajstić information content (AvgIpc) is 3.28. The average molecular weight is 431 g/mol. The van der Waals surface area contributed by atoms with E-state index in [2.05, 4.69) is 15.5 Å². The molecule has 0 radical (unpaired) electrons. The predicted molar refractivity (Wildman–Crippen MR) is 123 cm³/mol. The molecule has 1 fully saturated rings. The van der Waals surface area contributed by atoms with E-state index in [-0.39, 0.29) is 18.4 Å². The number of benzene rings is 1. The molecular weight excluding hydrogens is 392 g/mol. The molecule has 0 unspecified atom stereocenters. The fourth-order valence-corrected chi connectivity index (χ4v) is 4.42. The molecule has 1 saturated heterocycles. The topological polar surface area (TPSA) is 73.9 Å². The molecular formula is C24H38N4O3. The van der Waals surface area contributed by atoms with Gasteiger partial charge in [-0.3, -0.25) is 9.59 Å². The third-order valence-electron chi connectivity index (χ3n) is 6.16. The van der Waals surface area contributed by atoms with E-state index in [1.165, 1.54) is 25.7 Å². The minimum Gasteiger partial charge on any atom is -0.375 e. The number of amides is 2. The molecule has 31 heavy (non-hydrogen) atoms. The van der Waals surface area contributed by atoms with Gasteiger partial charge in [0.2, 0.25) is 0 Å². The number of hydrogen-bond acceptors (Lipinski definition) is 5. The zero-order valence-corrected chi connectivity index (χ0v) is 19.0. The van der Waals surface area contributed by atoms with Gasteiger partial charge in [-0.2, -0.15) is 0 Å². The van der Waals surface area contributed by atoms with Gasteiger partial charge in [-0.1, -0.05) is 19.3 Å². The van der Waals surface area contributed by atoms with E-state index in [1.54, 1.807) is 7.11 Å². The van der Waals surface area contributed by atoms with Crippen LogP contribution >= 0.6 is 0 Å². The zero-order chi connectivity index (χ0) is 21.9. The first-order valence-electron chi connectivity index (χ1n) is 11.8. The third-order valence-corrected chi connectivity index (χ3v) is 6.16. The summed E-state index contributed by atoms with van der Waals surface area (Å²) in [6, 6.07) is 5.70. The van der Waals surface area contributed by atoms with Crippen LogP contribution in [-0.4, -0.2) is 69.7 Å². The molecule has 0 aliphatic carbocycles. The van der Waals surface area contributed by atoms with Crippen LogP contribution in [0.3, 0.4) is 0 Å². The van der Waals surface area contributed by atoms with Crippen LogP contribution in [0.25, 0.3) is 0 Å². The molecule has 2 amide bonds. The van der Waals surface area contributed by atoms with E-state index < -0.39 is 0 Å². The van der Waals surface area contributed by atoms with Gasteiger partial charge >= 0.3 is 0 Å². The summed E-state index contributed by atoms with van der Waals surface area (Å²) in [4.78, 5) is 29.7. The summed E-state index contributed by atoms with van der Waals surface area (Å²) in [6.45, 7) is 6.14. The largest absolute Gasteiger partial charge is 0.375 e. The summed E-state index contributed by atoms with van der Waals surface area (Å²) >= 11 is 0. The van der Waals surface area contributed by atoms with Crippen LogP contribution < -0.4 is 15.5 Å². The van der Waals surface area contributed by atoms with Gasteiger partial charge in [-0.15, -0.1) is 0 Å². The summed E-state index contributed by atoms with van der Waals surface area (Å²) in [7, 11) is 1.55. The Morgan fingerprint density at radius 3 is 2.58 bits per heavy atom. The van der Waals surface area contributed by atoms with Crippen LogP contribution in [0.5, 0.6) is 0 Å². The van der Waals surface area contributed by atoms with E-state index in [9.17, 15) is 9.59 Å². The van der Waals surface area contributed by atoms with Gasteiger partial charge in [0.1, 0.15) is 6.61 Å². The van der Waals surface area contributed by atoms with Crippen molar-refractivity contribution in [2.45, 2.75) is 51.5 Å². The Bertz CT molecular complexity index is 719. The number of fused-ring (bicyclic) bond motifs is 1. The van der Waals surface area contributed by atoms with Crippen molar-refractivity contribution in [2.24, 2.45) is 0 Å². The summed E-state index contributed by atoms with van der Waals surface area (Å²) < 4.78 is 5.12. The van der Waals surface area contributed by atoms with Gasteiger partial charge < -0.3 is 25.2 Å². The minimum absolute atomic E-state index is 0.0383. The number of rotatable bonds is 6. The first-order chi connectivity index (χ1) is 15.2. The molecule has 172 valence electrons. The second-order valence-electron chi connectivity index (χ2n) is 8.57. The molecule has 0 aromatic heterocycles. The molecule has 0 bridgehead atoms. The van der Waals surface area contributed by atoms with Crippen molar-refractivity contribution in [1.29, 1.82) is 0 Å². The van der Waals surface area contributed by atoms with E-state index >= 15 is 0 Å². The lowest BCUT2D eigenvalue weighted by molar-refractivity contribution is -0.122. The molecule has 2 heterocycles. The number of carbonyl (C=O) groups excluding carboxylic acids is 2. The minimum atomic E-state index is -0.0529. The Kier molecular flexibility index (Phi) is 9.78. The Morgan fingerprint density at radius 2 is 1.77 bits per heavy atom. The van der Waals surface area contributed by atoms with Gasteiger partial charge in [0.05, 0.1) is 0 Å². The number of hydrogen-bond donors (Lipinski definition) is 2. The molecule has 1 aromatic carbocycles. The number of nitrogens with zero attached hydrogens (tertiary/aromatic N) is 2. The van der Waals surface area contributed by atoms with Gasteiger partial charge in [-0.25, -0.2) is 0 Å². The third kappa shape index (κ3) is 7.30. The number of anilines is 1. The maximum Gasteiger partial charge on any atom is 0.252 e. The smallest absolute Gasteiger partial charge is 0.252 e. The van der Waals surface area contributed by atoms with Gasteiger partial charge in [0, 0.05) is 44.5 Å². The number of ether oxygens (including phenoxy) is 1. The van der Waals surface area contributed by atoms with Crippen molar-refractivity contribution in [3.63, 3.8) is 0 Å². The van der Waals surface area contributed by atoms with Crippen LogP contribution in [-0.2, 0) is 16.1 Å². The molecule has 0 saturated carbocycles.